The Kier molecular flexibility index (Phi) is 3.00. The number of hydrogen-bond acceptors (Lipinski definition) is 4. The van der Waals surface area contributed by atoms with E-state index in [0.717, 1.165) is 0 Å². The minimum absolute atomic E-state index is 0.0145. The van der Waals surface area contributed by atoms with Gasteiger partial charge in [-0.1, -0.05) is 5.16 Å². The van der Waals surface area contributed by atoms with Crippen molar-refractivity contribution in [1.82, 2.24) is 5.16 Å². The number of nitrogens with one attached hydrogen (secondary N) is 1. The normalized spacial score (nSPS) is 9.94. The fourth-order valence-electron chi connectivity index (χ4n) is 1.31. The number of nitrogens with zero attached hydrogens (tertiary/aromatic N) is 1. The summed E-state index contributed by atoms with van der Waals surface area (Å²) in [5.74, 6) is -0.367. The summed E-state index contributed by atoms with van der Waals surface area (Å²) >= 11 is 0. The maximum absolute atomic E-state index is 11.6. The van der Waals surface area contributed by atoms with Crippen molar-refractivity contribution in [2.75, 3.05) is 5.32 Å². The van der Waals surface area contributed by atoms with Crippen LogP contribution in [0.5, 0.6) is 0 Å². The van der Waals surface area contributed by atoms with E-state index in [9.17, 15) is 9.59 Å². The average Bonchev–Trinajstić information content (AvgIpc) is 2.83. The van der Waals surface area contributed by atoms with E-state index in [-0.39, 0.29) is 17.4 Å². The first-order valence-corrected chi connectivity index (χ1v) is 4.99. The van der Waals surface area contributed by atoms with Crippen molar-refractivity contribution in [3.8, 4) is 0 Å². The lowest BCUT2D eigenvalue weighted by Gasteiger charge is -2.03. The fourth-order valence-corrected chi connectivity index (χ4v) is 1.31. The van der Waals surface area contributed by atoms with E-state index < -0.39 is 0 Å². The molecule has 1 aromatic carbocycles. The third-order valence-corrected chi connectivity index (χ3v) is 2.22. The number of carbonyl (C=O) groups is 2. The van der Waals surface area contributed by atoms with Crippen LogP contribution in [0, 0.1) is 0 Å². The number of aromatic nitrogens is 1. The largest absolute Gasteiger partial charge is 0.364 e. The Morgan fingerprint density at radius 1 is 1.18 bits per heavy atom. The van der Waals surface area contributed by atoms with Gasteiger partial charge in [0.1, 0.15) is 6.26 Å². The monoisotopic (exact) mass is 230 g/mol. The number of ketones is 1. The molecule has 5 heteroatoms. The Balaban J connectivity index is 2.09. The van der Waals surface area contributed by atoms with Crippen molar-refractivity contribution in [3.63, 3.8) is 0 Å². The highest BCUT2D eigenvalue weighted by Crippen LogP contribution is 2.11. The van der Waals surface area contributed by atoms with Gasteiger partial charge in [-0.05, 0) is 31.2 Å². The molecule has 0 saturated carbocycles. The van der Waals surface area contributed by atoms with Crippen LogP contribution in [0.15, 0.2) is 41.1 Å². The van der Waals surface area contributed by atoms with Crippen molar-refractivity contribution < 1.29 is 14.1 Å². The van der Waals surface area contributed by atoms with Crippen LogP contribution in [0.25, 0.3) is 0 Å². The molecule has 5 nitrogen and oxygen atoms in total. The molecule has 2 aromatic rings. The zero-order chi connectivity index (χ0) is 12.3. The lowest BCUT2D eigenvalue weighted by Crippen LogP contribution is -2.12. The molecular weight excluding hydrogens is 220 g/mol. The fraction of sp³-hybridized carbons (Fsp3) is 0.0833. The number of rotatable bonds is 3. The molecule has 0 spiro atoms. The number of anilines is 1. The third kappa shape index (κ3) is 2.57. The van der Waals surface area contributed by atoms with E-state index in [1.165, 1.54) is 19.3 Å². The number of Topliss-reactive ketones (excluding diaryl/α,β-unsaturated/α-hetero) is 1. The zero-order valence-electron chi connectivity index (χ0n) is 9.14. The van der Waals surface area contributed by atoms with E-state index in [4.69, 9.17) is 0 Å². The van der Waals surface area contributed by atoms with Gasteiger partial charge >= 0.3 is 0 Å². The van der Waals surface area contributed by atoms with Crippen molar-refractivity contribution in [2.45, 2.75) is 6.92 Å². The summed E-state index contributed by atoms with van der Waals surface area (Å²) in [6, 6.07) is 8.10. The smallest absolute Gasteiger partial charge is 0.277 e. The summed E-state index contributed by atoms with van der Waals surface area (Å²) in [5.41, 5.74) is 1.41. The molecule has 1 amide bonds. The maximum atomic E-state index is 11.6. The van der Waals surface area contributed by atoms with Crippen molar-refractivity contribution in [2.24, 2.45) is 0 Å². The Morgan fingerprint density at radius 3 is 2.41 bits per heavy atom. The lowest BCUT2D eigenvalue weighted by molar-refractivity contribution is 0.101. The van der Waals surface area contributed by atoms with E-state index in [0.29, 0.717) is 11.3 Å². The van der Waals surface area contributed by atoms with Crippen LogP contribution in [0.2, 0.25) is 0 Å². The van der Waals surface area contributed by atoms with Gasteiger partial charge in [0.15, 0.2) is 11.5 Å². The highest BCUT2D eigenvalue weighted by molar-refractivity contribution is 6.03. The maximum Gasteiger partial charge on any atom is 0.277 e. The van der Waals surface area contributed by atoms with Gasteiger partial charge in [-0.2, -0.15) is 0 Å². The number of amides is 1. The summed E-state index contributed by atoms with van der Waals surface area (Å²) in [6.07, 6.45) is 1.33. The van der Waals surface area contributed by atoms with Gasteiger partial charge in [0, 0.05) is 17.3 Å². The molecule has 86 valence electrons. The van der Waals surface area contributed by atoms with Crippen molar-refractivity contribution in [1.29, 1.82) is 0 Å². The van der Waals surface area contributed by atoms with E-state index in [1.54, 1.807) is 24.3 Å². The SMILES string of the molecule is CC(=O)c1ccc(NC(=O)c2ccon2)cc1. The minimum Gasteiger partial charge on any atom is -0.364 e. The molecule has 17 heavy (non-hydrogen) atoms. The molecule has 0 unspecified atom stereocenters. The van der Waals surface area contributed by atoms with Crippen LogP contribution < -0.4 is 5.32 Å². The predicted octanol–water partition coefficient (Wildman–Crippen LogP) is 2.13. The van der Waals surface area contributed by atoms with E-state index >= 15 is 0 Å². The third-order valence-electron chi connectivity index (χ3n) is 2.22. The minimum atomic E-state index is -0.352. The summed E-state index contributed by atoms with van der Waals surface area (Å²) < 4.78 is 4.57. The van der Waals surface area contributed by atoms with Gasteiger partial charge in [-0.25, -0.2) is 0 Å². The molecule has 0 atom stereocenters. The van der Waals surface area contributed by atoms with Gasteiger partial charge in [0.2, 0.25) is 0 Å². The Hall–Kier alpha value is -2.43. The highest BCUT2D eigenvalue weighted by atomic mass is 16.5. The number of carbonyl (C=O) groups excluding carboxylic acids is 2. The molecule has 2 rings (SSSR count). The lowest BCUT2D eigenvalue weighted by atomic mass is 10.1. The standard InChI is InChI=1S/C12H10N2O3/c1-8(15)9-2-4-10(5-3-9)13-12(16)11-6-7-17-14-11/h2-7H,1H3,(H,13,16). The van der Waals surface area contributed by atoms with Gasteiger partial charge in [-0.3, -0.25) is 9.59 Å². The zero-order valence-corrected chi connectivity index (χ0v) is 9.14. The van der Waals surface area contributed by atoms with Gasteiger partial charge < -0.3 is 9.84 Å². The molecule has 0 aliphatic carbocycles. The molecule has 0 aliphatic rings. The second-order valence-electron chi connectivity index (χ2n) is 3.47. The predicted molar refractivity (Wildman–Crippen MR) is 60.9 cm³/mol. The second kappa shape index (κ2) is 4.61. The summed E-state index contributed by atoms with van der Waals surface area (Å²) in [4.78, 5) is 22.6. The molecule has 0 bridgehead atoms. The van der Waals surface area contributed by atoms with Gasteiger partial charge in [-0.15, -0.1) is 0 Å². The molecule has 1 aromatic heterocycles. The molecule has 0 aliphatic heterocycles. The summed E-state index contributed by atoms with van der Waals surface area (Å²) in [6.45, 7) is 1.49. The Morgan fingerprint density at radius 2 is 1.88 bits per heavy atom. The number of benzene rings is 1. The van der Waals surface area contributed by atoms with E-state index in [2.05, 4.69) is 15.0 Å². The van der Waals surface area contributed by atoms with Gasteiger partial charge in [0.25, 0.3) is 5.91 Å². The first kappa shape index (κ1) is 11.1. The molecule has 1 heterocycles. The topological polar surface area (TPSA) is 72.2 Å². The van der Waals surface area contributed by atoms with Crippen molar-refractivity contribution in [3.05, 3.63) is 47.9 Å². The van der Waals surface area contributed by atoms with Crippen LogP contribution in [-0.2, 0) is 0 Å². The van der Waals surface area contributed by atoms with Crippen molar-refractivity contribution >= 4 is 17.4 Å². The first-order chi connectivity index (χ1) is 8.16. The first-order valence-electron chi connectivity index (χ1n) is 4.99. The van der Waals surface area contributed by atoms with Gasteiger partial charge in [0.05, 0.1) is 0 Å². The van der Waals surface area contributed by atoms with E-state index in [1.807, 2.05) is 0 Å². The molecule has 0 saturated heterocycles. The second-order valence-corrected chi connectivity index (χ2v) is 3.47. The summed E-state index contributed by atoms with van der Waals surface area (Å²) in [5, 5.41) is 6.15. The van der Waals surface area contributed by atoms with Crippen LogP contribution in [-0.4, -0.2) is 16.8 Å². The van der Waals surface area contributed by atoms with Crippen LogP contribution >= 0.6 is 0 Å². The quantitative estimate of drug-likeness (QED) is 0.820. The Labute approximate surface area is 97.4 Å². The van der Waals surface area contributed by atoms with Crippen LogP contribution in [0.3, 0.4) is 0 Å². The summed E-state index contributed by atoms with van der Waals surface area (Å²) in [7, 11) is 0. The van der Waals surface area contributed by atoms with Crippen LogP contribution in [0.4, 0.5) is 5.69 Å². The Bertz CT molecular complexity index is 529. The molecular formula is C12H10N2O3. The molecule has 0 fully saturated rings. The van der Waals surface area contributed by atoms with Crippen LogP contribution in [0.1, 0.15) is 27.8 Å². The molecule has 1 N–H and O–H groups in total. The molecule has 0 radical (unpaired) electrons. The average molecular weight is 230 g/mol. The highest BCUT2D eigenvalue weighted by Gasteiger charge is 2.09. The number of hydrogen-bond donors (Lipinski definition) is 1.